The maximum absolute atomic E-state index is 12.6. The Kier molecular flexibility index (Phi) is 6.39. The van der Waals surface area contributed by atoms with Crippen LogP contribution >= 0.6 is 11.6 Å². The summed E-state index contributed by atoms with van der Waals surface area (Å²) < 4.78 is 10.7. The van der Waals surface area contributed by atoms with E-state index in [1.54, 1.807) is 17.0 Å². The van der Waals surface area contributed by atoms with E-state index in [0.29, 0.717) is 42.4 Å². The highest BCUT2D eigenvalue weighted by atomic mass is 35.5. The second-order valence-corrected chi connectivity index (χ2v) is 7.94. The van der Waals surface area contributed by atoms with Crippen LogP contribution in [0.1, 0.15) is 39.2 Å². The molecule has 1 aliphatic heterocycles. The maximum atomic E-state index is 12.6. The van der Waals surface area contributed by atoms with Gasteiger partial charge in [-0.2, -0.15) is 0 Å². The Bertz CT molecular complexity index is 677. The molecule has 0 aromatic heterocycles. The number of carbonyl (C=O) groups excluding carboxylic acids is 2. The number of anilines is 1. The minimum absolute atomic E-state index is 0.0751. The lowest BCUT2D eigenvalue weighted by Crippen LogP contribution is -2.43. The number of likely N-dealkylation sites (tertiary alicyclic amines) is 1. The van der Waals surface area contributed by atoms with Gasteiger partial charge in [-0.3, -0.25) is 4.79 Å². The molecule has 1 heterocycles. The molecule has 0 unspecified atom stereocenters. The predicted octanol–water partition coefficient (Wildman–Crippen LogP) is 4.24. The van der Waals surface area contributed by atoms with Gasteiger partial charge in [0.15, 0.2) is 0 Å². The van der Waals surface area contributed by atoms with Crippen molar-refractivity contribution in [2.75, 3.05) is 25.5 Å². The van der Waals surface area contributed by atoms with Crippen LogP contribution in [-0.2, 0) is 9.53 Å². The zero-order valence-electron chi connectivity index (χ0n) is 16.0. The highest BCUT2D eigenvalue weighted by molar-refractivity contribution is 6.31. The summed E-state index contributed by atoms with van der Waals surface area (Å²) in [6, 6.07) is 3.49. The van der Waals surface area contributed by atoms with Gasteiger partial charge in [0.1, 0.15) is 11.4 Å². The number of hydrogen-bond acceptors (Lipinski definition) is 4. The van der Waals surface area contributed by atoms with E-state index in [9.17, 15) is 9.59 Å². The van der Waals surface area contributed by atoms with Gasteiger partial charge in [0.05, 0.1) is 12.8 Å². The van der Waals surface area contributed by atoms with Gasteiger partial charge in [-0.1, -0.05) is 11.6 Å². The molecule has 2 rings (SSSR count). The van der Waals surface area contributed by atoms with Crippen LogP contribution in [0.2, 0.25) is 5.02 Å². The minimum atomic E-state index is -0.520. The molecule has 0 bridgehead atoms. The summed E-state index contributed by atoms with van der Waals surface area (Å²) in [4.78, 5) is 26.4. The Morgan fingerprint density at radius 3 is 2.38 bits per heavy atom. The van der Waals surface area contributed by atoms with Gasteiger partial charge in [0.25, 0.3) is 0 Å². The summed E-state index contributed by atoms with van der Waals surface area (Å²) in [5.41, 5.74) is 0.949. The van der Waals surface area contributed by atoms with Crippen molar-refractivity contribution in [1.82, 2.24) is 4.90 Å². The Morgan fingerprint density at radius 1 is 1.23 bits per heavy atom. The fourth-order valence-corrected chi connectivity index (χ4v) is 2.97. The number of rotatable bonds is 3. The van der Waals surface area contributed by atoms with Crippen molar-refractivity contribution >= 4 is 29.3 Å². The summed E-state index contributed by atoms with van der Waals surface area (Å²) in [7, 11) is 1.54. The fourth-order valence-electron chi connectivity index (χ4n) is 2.82. The topological polar surface area (TPSA) is 67.9 Å². The number of amides is 2. The summed E-state index contributed by atoms with van der Waals surface area (Å²) in [6.45, 7) is 8.40. The van der Waals surface area contributed by atoms with Crippen molar-refractivity contribution in [3.05, 3.63) is 22.7 Å². The van der Waals surface area contributed by atoms with Gasteiger partial charge in [-0.05, 0) is 52.2 Å². The number of nitrogens with one attached hydrogen (secondary N) is 1. The molecule has 144 valence electrons. The van der Waals surface area contributed by atoms with Crippen molar-refractivity contribution in [2.24, 2.45) is 5.92 Å². The first-order valence-electron chi connectivity index (χ1n) is 8.73. The molecule has 0 radical (unpaired) electrons. The highest BCUT2D eigenvalue weighted by Crippen LogP contribution is 2.32. The minimum Gasteiger partial charge on any atom is -0.495 e. The molecule has 6 nitrogen and oxygen atoms in total. The third-order valence-corrected chi connectivity index (χ3v) is 4.66. The van der Waals surface area contributed by atoms with Gasteiger partial charge in [0.2, 0.25) is 5.91 Å². The molecule has 1 fully saturated rings. The van der Waals surface area contributed by atoms with Gasteiger partial charge in [-0.15, -0.1) is 0 Å². The zero-order valence-corrected chi connectivity index (χ0v) is 16.8. The number of carbonyl (C=O) groups is 2. The van der Waals surface area contributed by atoms with Crippen LogP contribution in [0.5, 0.6) is 5.75 Å². The molecule has 0 atom stereocenters. The van der Waals surface area contributed by atoms with Crippen molar-refractivity contribution in [3.8, 4) is 5.75 Å². The molecule has 1 saturated heterocycles. The molecule has 7 heteroatoms. The zero-order chi connectivity index (χ0) is 19.5. The lowest BCUT2D eigenvalue weighted by atomic mass is 9.96. The third-order valence-electron chi connectivity index (χ3n) is 4.26. The van der Waals surface area contributed by atoms with Gasteiger partial charge in [0, 0.05) is 30.1 Å². The number of benzene rings is 1. The van der Waals surface area contributed by atoms with E-state index in [1.807, 2.05) is 27.7 Å². The molecular formula is C19H27ClN2O4. The number of halogens is 1. The lowest BCUT2D eigenvalue weighted by Gasteiger charge is -2.33. The average molecular weight is 383 g/mol. The summed E-state index contributed by atoms with van der Waals surface area (Å²) in [6.07, 6.45) is 0.867. The summed E-state index contributed by atoms with van der Waals surface area (Å²) >= 11 is 6.10. The molecule has 1 N–H and O–H groups in total. The second-order valence-electron chi connectivity index (χ2n) is 7.53. The monoisotopic (exact) mass is 382 g/mol. The third kappa shape index (κ3) is 5.27. The highest BCUT2D eigenvalue weighted by Gasteiger charge is 2.30. The SMILES string of the molecule is COc1cc(Cl)c(C)cc1NC(=O)C1CCN(C(=O)OC(C)(C)C)CC1. The number of methoxy groups -OCH3 is 1. The Labute approximate surface area is 159 Å². The molecule has 1 aromatic rings. The molecule has 1 aromatic carbocycles. The molecule has 2 amide bonds. The van der Waals surface area contributed by atoms with Crippen molar-refractivity contribution in [3.63, 3.8) is 0 Å². The Hall–Kier alpha value is -1.95. The first kappa shape index (κ1) is 20.4. The van der Waals surface area contributed by atoms with Crippen LogP contribution in [-0.4, -0.2) is 42.7 Å². The first-order chi connectivity index (χ1) is 12.1. The Balaban J connectivity index is 1.95. The van der Waals surface area contributed by atoms with E-state index in [0.717, 1.165) is 5.56 Å². The number of nitrogens with zero attached hydrogens (tertiary/aromatic N) is 1. The van der Waals surface area contributed by atoms with Crippen molar-refractivity contribution < 1.29 is 19.1 Å². The normalized spacial score (nSPS) is 15.5. The standard InChI is InChI=1S/C19H27ClN2O4/c1-12-10-15(16(25-5)11-14(12)20)21-17(23)13-6-8-22(9-7-13)18(24)26-19(2,3)4/h10-11,13H,6-9H2,1-5H3,(H,21,23). The second kappa shape index (κ2) is 8.16. The number of hydrogen-bond donors (Lipinski definition) is 1. The van der Waals surface area contributed by atoms with Crippen molar-refractivity contribution in [1.29, 1.82) is 0 Å². The quantitative estimate of drug-likeness (QED) is 0.848. The van der Waals surface area contributed by atoms with Crippen LogP contribution in [0, 0.1) is 12.8 Å². The van der Waals surface area contributed by atoms with E-state index < -0.39 is 5.60 Å². The van der Waals surface area contributed by atoms with Crippen LogP contribution in [0.3, 0.4) is 0 Å². The van der Waals surface area contributed by atoms with Crippen LogP contribution in [0.4, 0.5) is 10.5 Å². The van der Waals surface area contributed by atoms with E-state index >= 15 is 0 Å². The molecule has 0 spiro atoms. The summed E-state index contributed by atoms with van der Waals surface area (Å²) in [5, 5.41) is 3.51. The first-order valence-corrected chi connectivity index (χ1v) is 9.11. The van der Waals surface area contributed by atoms with E-state index in [2.05, 4.69) is 5.32 Å². The number of ether oxygens (including phenoxy) is 2. The van der Waals surface area contributed by atoms with E-state index in [1.165, 1.54) is 7.11 Å². The molecule has 26 heavy (non-hydrogen) atoms. The van der Waals surface area contributed by atoms with Crippen LogP contribution in [0.25, 0.3) is 0 Å². The smallest absolute Gasteiger partial charge is 0.410 e. The predicted molar refractivity (Wildman–Crippen MR) is 102 cm³/mol. The van der Waals surface area contributed by atoms with Crippen LogP contribution in [0.15, 0.2) is 12.1 Å². The molecular weight excluding hydrogens is 356 g/mol. The molecule has 1 aliphatic rings. The average Bonchev–Trinajstić information content (AvgIpc) is 2.56. The van der Waals surface area contributed by atoms with E-state index in [-0.39, 0.29) is 17.9 Å². The molecule has 0 aliphatic carbocycles. The van der Waals surface area contributed by atoms with Crippen molar-refractivity contribution in [2.45, 2.75) is 46.1 Å². The van der Waals surface area contributed by atoms with Crippen LogP contribution < -0.4 is 10.1 Å². The number of aryl methyl sites for hydroxylation is 1. The van der Waals surface area contributed by atoms with Gasteiger partial charge < -0.3 is 19.7 Å². The maximum Gasteiger partial charge on any atom is 0.410 e. The van der Waals surface area contributed by atoms with Gasteiger partial charge >= 0.3 is 6.09 Å². The molecule has 0 saturated carbocycles. The van der Waals surface area contributed by atoms with Gasteiger partial charge in [-0.25, -0.2) is 4.79 Å². The Morgan fingerprint density at radius 2 is 1.85 bits per heavy atom. The fraction of sp³-hybridized carbons (Fsp3) is 0.579. The largest absolute Gasteiger partial charge is 0.495 e. The lowest BCUT2D eigenvalue weighted by molar-refractivity contribution is -0.121. The number of piperidine rings is 1. The summed E-state index contributed by atoms with van der Waals surface area (Å²) in [5.74, 6) is 0.295. The van der Waals surface area contributed by atoms with E-state index in [4.69, 9.17) is 21.1 Å².